The van der Waals surface area contributed by atoms with Crippen LogP contribution in [0.2, 0.25) is 0 Å². The molecular weight excluding hydrogens is 177 g/mol. The Labute approximate surface area is 64.0 Å². The lowest BCUT2D eigenvalue weighted by Crippen LogP contribution is -2.19. The molecular formula is C5H3F3N2O2. The van der Waals surface area contributed by atoms with Gasteiger partial charge in [-0.15, -0.1) is 18.3 Å². The van der Waals surface area contributed by atoms with Gasteiger partial charge >= 0.3 is 6.36 Å². The van der Waals surface area contributed by atoms with Crippen molar-refractivity contribution in [3.05, 3.63) is 22.5 Å². The second-order valence-electron chi connectivity index (χ2n) is 1.81. The summed E-state index contributed by atoms with van der Waals surface area (Å²) in [6.07, 6.45) is -4.79. The lowest BCUT2D eigenvalue weighted by atomic mass is 10.6. The number of aromatic amines is 1. The van der Waals surface area contributed by atoms with E-state index in [9.17, 15) is 18.0 Å². The summed E-state index contributed by atoms with van der Waals surface area (Å²) in [6, 6.07) is 1.71. The van der Waals surface area contributed by atoms with Crippen molar-refractivity contribution in [1.29, 1.82) is 0 Å². The highest BCUT2D eigenvalue weighted by Gasteiger charge is 2.31. The molecule has 1 aromatic heterocycles. The van der Waals surface area contributed by atoms with Gasteiger partial charge in [-0.2, -0.15) is 0 Å². The maximum absolute atomic E-state index is 11.5. The molecule has 0 amide bonds. The Morgan fingerprint density at radius 3 is 2.50 bits per heavy atom. The van der Waals surface area contributed by atoms with Crippen LogP contribution >= 0.6 is 0 Å². The second-order valence-corrected chi connectivity index (χ2v) is 1.81. The third kappa shape index (κ3) is 2.60. The van der Waals surface area contributed by atoms with Crippen LogP contribution in [0.5, 0.6) is 5.88 Å². The first kappa shape index (κ1) is 8.57. The van der Waals surface area contributed by atoms with E-state index in [2.05, 4.69) is 9.84 Å². The smallest absolute Gasteiger partial charge is 0.386 e. The highest BCUT2D eigenvalue weighted by atomic mass is 19.4. The molecule has 1 rings (SSSR count). The molecule has 0 fully saturated rings. The fourth-order valence-corrected chi connectivity index (χ4v) is 0.507. The number of nitrogens with one attached hydrogen (secondary N) is 1. The predicted molar refractivity (Wildman–Crippen MR) is 31.5 cm³/mol. The van der Waals surface area contributed by atoms with Crippen LogP contribution in [0.25, 0.3) is 0 Å². The molecule has 0 aromatic carbocycles. The average molecular weight is 180 g/mol. The van der Waals surface area contributed by atoms with Gasteiger partial charge in [0.15, 0.2) is 0 Å². The van der Waals surface area contributed by atoms with Gasteiger partial charge in [-0.25, -0.2) is 5.10 Å². The van der Waals surface area contributed by atoms with Crippen LogP contribution in [-0.4, -0.2) is 16.6 Å². The summed E-state index contributed by atoms with van der Waals surface area (Å²) in [5, 5.41) is 4.78. The molecule has 0 atom stereocenters. The summed E-state index contributed by atoms with van der Waals surface area (Å²) >= 11 is 0. The molecule has 4 nitrogen and oxygen atoms in total. The molecule has 1 N–H and O–H groups in total. The van der Waals surface area contributed by atoms with Gasteiger partial charge in [0.1, 0.15) is 0 Å². The van der Waals surface area contributed by atoms with Gasteiger partial charge in [0.05, 0.1) is 0 Å². The van der Waals surface area contributed by atoms with E-state index in [4.69, 9.17) is 0 Å². The van der Waals surface area contributed by atoms with E-state index < -0.39 is 17.8 Å². The van der Waals surface area contributed by atoms with Crippen molar-refractivity contribution < 1.29 is 17.9 Å². The number of hydrogen-bond donors (Lipinski definition) is 1. The van der Waals surface area contributed by atoms with E-state index in [1.807, 2.05) is 0 Å². The van der Waals surface area contributed by atoms with Crippen LogP contribution < -0.4 is 10.3 Å². The number of nitrogens with zero attached hydrogens (tertiary/aromatic N) is 1. The fourth-order valence-electron chi connectivity index (χ4n) is 0.507. The monoisotopic (exact) mass is 180 g/mol. The molecule has 0 saturated heterocycles. The lowest BCUT2D eigenvalue weighted by Gasteiger charge is -2.05. The molecule has 0 radical (unpaired) electrons. The maximum Gasteiger partial charge on any atom is 0.574 e. The van der Waals surface area contributed by atoms with Crippen molar-refractivity contribution in [3.8, 4) is 5.88 Å². The van der Waals surface area contributed by atoms with Gasteiger partial charge in [-0.1, -0.05) is 0 Å². The van der Waals surface area contributed by atoms with E-state index in [0.717, 1.165) is 12.1 Å². The zero-order valence-electron chi connectivity index (χ0n) is 5.55. The Kier molecular flexibility index (Phi) is 2.03. The van der Waals surface area contributed by atoms with Crippen molar-refractivity contribution in [2.45, 2.75) is 6.36 Å². The van der Waals surface area contributed by atoms with Gasteiger partial charge in [-0.05, 0) is 0 Å². The molecule has 0 aliphatic carbocycles. The largest absolute Gasteiger partial charge is 0.574 e. The van der Waals surface area contributed by atoms with Crippen molar-refractivity contribution >= 4 is 0 Å². The van der Waals surface area contributed by atoms with E-state index in [-0.39, 0.29) is 0 Å². The van der Waals surface area contributed by atoms with E-state index in [1.165, 1.54) is 0 Å². The van der Waals surface area contributed by atoms with Gasteiger partial charge in [0.2, 0.25) is 5.88 Å². The number of aromatic nitrogens is 2. The van der Waals surface area contributed by atoms with Crippen LogP contribution in [0.15, 0.2) is 16.9 Å². The van der Waals surface area contributed by atoms with E-state index in [1.54, 1.807) is 5.10 Å². The highest BCUT2D eigenvalue weighted by molar-refractivity contribution is 5.05. The van der Waals surface area contributed by atoms with Crippen molar-refractivity contribution in [2.24, 2.45) is 0 Å². The van der Waals surface area contributed by atoms with Crippen LogP contribution in [-0.2, 0) is 0 Å². The number of rotatable bonds is 1. The van der Waals surface area contributed by atoms with Crippen LogP contribution in [0.3, 0.4) is 0 Å². The molecule has 0 saturated carbocycles. The lowest BCUT2D eigenvalue weighted by molar-refractivity contribution is -0.276. The van der Waals surface area contributed by atoms with Crippen molar-refractivity contribution in [1.82, 2.24) is 10.2 Å². The maximum atomic E-state index is 11.5. The molecule has 0 unspecified atom stereocenters. The molecule has 1 heterocycles. The third-order valence-corrected chi connectivity index (χ3v) is 0.874. The first-order valence-electron chi connectivity index (χ1n) is 2.79. The Morgan fingerprint density at radius 1 is 1.42 bits per heavy atom. The zero-order valence-corrected chi connectivity index (χ0v) is 5.55. The minimum Gasteiger partial charge on any atom is -0.386 e. The van der Waals surface area contributed by atoms with Crippen LogP contribution in [0.1, 0.15) is 0 Å². The zero-order chi connectivity index (χ0) is 9.19. The number of alkyl halides is 3. The summed E-state index contributed by atoms with van der Waals surface area (Å²) in [6.45, 7) is 0. The van der Waals surface area contributed by atoms with Crippen LogP contribution in [0.4, 0.5) is 13.2 Å². The standard InChI is InChI=1S/C5H3F3N2O2/c6-5(7,8)12-4-2-1-3(11)9-10-4/h1-2H,(H,9,11). The molecule has 1 aromatic rings. The Morgan fingerprint density at radius 2 is 2.08 bits per heavy atom. The van der Waals surface area contributed by atoms with Gasteiger partial charge in [0, 0.05) is 12.1 Å². The first-order chi connectivity index (χ1) is 5.47. The molecule has 0 aliphatic heterocycles. The quantitative estimate of drug-likeness (QED) is 0.690. The third-order valence-electron chi connectivity index (χ3n) is 0.874. The number of hydrogen-bond acceptors (Lipinski definition) is 3. The average Bonchev–Trinajstić information content (AvgIpc) is 1.91. The Bertz CT molecular complexity index is 299. The molecule has 12 heavy (non-hydrogen) atoms. The predicted octanol–water partition coefficient (Wildman–Crippen LogP) is 0.668. The topological polar surface area (TPSA) is 55.0 Å². The number of halogens is 3. The SMILES string of the molecule is O=c1ccc(OC(F)(F)F)n[nH]1. The minimum atomic E-state index is -4.79. The summed E-state index contributed by atoms with van der Waals surface area (Å²) in [7, 11) is 0. The highest BCUT2D eigenvalue weighted by Crippen LogP contribution is 2.18. The van der Waals surface area contributed by atoms with Gasteiger partial charge in [-0.3, -0.25) is 4.79 Å². The summed E-state index contributed by atoms with van der Waals surface area (Å²) in [5.74, 6) is -0.692. The second kappa shape index (κ2) is 2.84. The molecule has 66 valence electrons. The summed E-state index contributed by atoms with van der Waals surface area (Å²) < 4.78 is 37.8. The van der Waals surface area contributed by atoms with Crippen LogP contribution in [0, 0.1) is 0 Å². The molecule has 0 spiro atoms. The summed E-state index contributed by atoms with van der Waals surface area (Å²) in [4.78, 5) is 10.3. The molecule has 0 bridgehead atoms. The summed E-state index contributed by atoms with van der Waals surface area (Å²) in [5.41, 5.74) is -0.593. The Balaban J connectivity index is 2.78. The first-order valence-corrected chi connectivity index (χ1v) is 2.79. The van der Waals surface area contributed by atoms with Crippen molar-refractivity contribution in [3.63, 3.8) is 0 Å². The fraction of sp³-hybridized carbons (Fsp3) is 0.200. The molecule has 7 heteroatoms. The molecule has 0 aliphatic rings. The Hall–Kier alpha value is -1.53. The number of ether oxygens (including phenoxy) is 1. The normalized spacial score (nSPS) is 11.2. The van der Waals surface area contributed by atoms with Gasteiger partial charge < -0.3 is 4.74 Å². The van der Waals surface area contributed by atoms with Gasteiger partial charge in [0.25, 0.3) is 5.56 Å². The van der Waals surface area contributed by atoms with Crippen molar-refractivity contribution in [2.75, 3.05) is 0 Å². The number of H-pyrrole nitrogens is 1. The van der Waals surface area contributed by atoms with E-state index >= 15 is 0 Å². The minimum absolute atomic E-state index is 0.593. The van der Waals surface area contributed by atoms with E-state index in [0.29, 0.717) is 0 Å².